The fraction of sp³-hybridized carbons (Fsp3) is 0.450. The fourth-order valence-corrected chi connectivity index (χ4v) is 3.47. The van der Waals surface area contributed by atoms with Gasteiger partial charge in [-0.3, -0.25) is 9.59 Å². The molecule has 0 bridgehead atoms. The smallest absolute Gasteiger partial charge is 0.311 e. The van der Waals surface area contributed by atoms with Crippen LogP contribution in [0.3, 0.4) is 0 Å². The standard InChI is InChI=1S/C20H24N2O4/c1-14(2)20(19(24)25)10-11-22(13-20)18(23)9-8-17-21-12-16(26-17)15-6-4-3-5-7-15/h3-7,12,14H,8-11,13H2,1-2H3,(H,24,25). The Morgan fingerprint density at radius 2 is 2.04 bits per heavy atom. The van der Waals surface area contributed by atoms with E-state index < -0.39 is 11.4 Å². The summed E-state index contributed by atoms with van der Waals surface area (Å²) in [5.74, 6) is 0.317. The van der Waals surface area contributed by atoms with Gasteiger partial charge in [0, 0.05) is 31.5 Å². The number of aliphatic carboxylic acids is 1. The third-order valence-electron chi connectivity index (χ3n) is 5.35. The fourth-order valence-electron chi connectivity index (χ4n) is 3.47. The molecule has 1 unspecified atom stereocenters. The molecule has 1 amide bonds. The highest BCUT2D eigenvalue weighted by molar-refractivity contribution is 5.81. The first-order chi connectivity index (χ1) is 12.4. The number of aryl methyl sites for hydroxylation is 1. The zero-order chi connectivity index (χ0) is 18.7. The minimum absolute atomic E-state index is 0.0158. The minimum atomic E-state index is -0.834. The van der Waals surface area contributed by atoms with Gasteiger partial charge in [-0.1, -0.05) is 44.2 Å². The first kappa shape index (κ1) is 18.2. The Hall–Kier alpha value is -2.63. The molecule has 2 heterocycles. The van der Waals surface area contributed by atoms with Crippen LogP contribution < -0.4 is 0 Å². The zero-order valence-electron chi connectivity index (χ0n) is 15.1. The van der Waals surface area contributed by atoms with Gasteiger partial charge in [-0.25, -0.2) is 4.98 Å². The van der Waals surface area contributed by atoms with Crippen LogP contribution in [0, 0.1) is 11.3 Å². The van der Waals surface area contributed by atoms with Crippen LogP contribution in [-0.2, 0) is 16.0 Å². The van der Waals surface area contributed by atoms with Crippen LogP contribution in [0.15, 0.2) is 40.9 Å². The Balaban J connectivity index is 1.58. The molecular weight excluding hydrogens is 332 g/mol. The highest BCUT2D eigenvalue weighted by Gasteiger charge is 2.48. The maximum Gasteiger partial charge on any atom is 0.311 e. The maximum absolute atomic E-state index is 12.5. The molecule has 1 aliphatic rings. The van der Waals surface area contributed by atoms with Crippen molar-refractivity contribution in [3.8, 4) is 11.3 Å². The van der Waals surface area contributed by atoms with Crippen LogP contribution in [0.25, 0.3) is 11.3 Å². The number of oxazole rings is 1. The van der Waals surface area contributed by atoms with Crippen molar-refractivity contribution in [2.24, 2.45) is 11.3 Å². The number of hydrogen-bond acceptors (Lipinski definition) is 4. The lowest BCUT2D eigenvalue weighted by Crippen LogP contribution is -2.40. The molecule has 138 valence electrons. The quantitative estimate of drug-likeness (QED) is 0.859. The lowest BCUT2D eigenvalue weighted by molar-refractivity contribution is -0.151. The summed E-state index contributed by atoms with van der Waals surface area (Å²) < 4.78 is 5.72. The van der Waals surface area contributed by atoms with Crippen molar-refractivity contribution in [3.63, 3.8) is 0 Å². The maximum atomic E-state index is 12.5. The Morgan fingerprint density at radius 1 is 1.31 bits per heavy atom. The SMILES string of the molecule is CC(C)C1(C(=O)O)CCN(C(=O)CCc2ncc(-c3ccccc3)o2)C1. The number of nitrogens with zero attached hydrogens (tertiary/aromatic N) is 2. The normalized spacial score (nSPS) is 19.9. The predicted octanol–water partition coefficient (Wildman–Crippen LogP) is 3.23. The van der Waals surface area contributed by atoms with Crippen LogP contribution in [0.5, 0.6) is 0 Å². The number of likely N-dealkylation sites (tertiary alicyclic amines) is 1. The number of amides is 1. The summed E-state index contributed by atoms with van der Waals surface area (Å²) in [6.07, 6.45) is 2.84. The van der Waals surface area contributed by atoms with E-state index in [1.54, 1.807) is 11.1 Å². The molecule has 1 fully saturated rings. The van der Waals surface area contributed by atoms with Gasteiger partial charge in [0.2, 0.25) is 5.91 Å². The molecule has 0 aliphatic carbocycles. The van der Waals surface area contributed by atoms with Crippen LogP contribution in [0.1, 0.15) is 32.6 Å². The molecule has 0 radical (unpaired) electrons. The number of rotatable bonds is 6. The summed E-state index contributed by atoms with van der Waals surface area (Å²) in [7, 11) is 0. The third-order valence-corrected chi connectivity index (χ3v) is 5.35. The van der Waals surface area contributed by atoms with Crippen LogP contribution in [0.4, 0.5) is 0 Å². The van der Waals surface area contributed by atoms with Gasteiger partial charge in [-0.05, 0) is 12.3 Å². The van der Waals surface area contributed by atoms with Crippen molar-refractivity contribution in [2.45, 2.75) is 33.1 Å². The number of hydrogen-bond donors (Lipinski definition) is 1. The number of aromatic nitrogens is 1. The summed E-state index contributed by atoms with van der Waals surface area (Å²) in [5, 5.41) is 9.59. The van der Waals surface area contributed by atoms with Crippen molar-refractivity contribution < 1.29 is 19.1 Å². The molecular formula is C20H24N2O4. The molecule has 1 N–H and O–H groups in total. The molecule has 6 heteroatoms. The van der Waals surface area contributed by atoms with Crippen LogP contribution in [0.2, 0.25) is 0 Å². The van der Waals surface area contributed by atoms with Gasteiger partial charge in [-0.15, -0.1) is 0 Å². The first-order valence-electron chi connectivity index (χ1n) is 8.93. The van der Waals surface area contributed by atoms with E-state index in [0.29, 0.717) is 31.0 Å². The van der Waals surface area contributed by atoms with Gasteiger partial charge in [0.05, 0.1) is 11.6 Å². The van der Waals surface area contributed by atoms with E-state index in [4.69, 9.17) is 4.42 Å². The number of carbonyl (C=O) groups excluding carboxylic acids is 1. The topological polar surface area (TPSA) is 83.6 Å². The van der Waals surface area contributed by atoms with Crippen molar-refractivity contribution in [2.75, 3.05) is 13.1 Å². The van der Waals surface area contributed by atoms with E-state index in [2.05, 4.69) is 4.98 Å². The van der Waals surface area contributed by atoms with E-state index >= 15 is 0 Å². The van der Waals surface area contributed by atoms with Crippen molar-refractivity contribution in [3.05, 3.63) is 42.4 Å². The summed E-state index contributed by atoms with van der Waals surface area (Å²) in [6, 6.07) is 9.67. The molecule has 0 saturated carbocycles. The lowest BCUT2D eigenvalue weighted by Gasteiger charge is -2.28. The van der Waals surface area contributed by atoms with Crippen molar-refractivity contribution in [1.82, 2.24) is 9.88 Å². The number of carbonyl (C=O) groups is 2. The minimum Gasteiger partial charge on any atom is -0.481 e. The predicted molar refractivity (Wildman–Crippen MR) is 96.4 cm³/mol. The average Bonchev–Trinajstić information content (AvgIpc) is 3.28. The molecule has 1 aromatic heterocycles. The van der Waals surface area contributed by atoms with E-state index in [0.717, 1.165) is 5.56 Å². The number of benzene rings is 1. The van der Waals surface area contributed by atoms with Crippen LogP contribution in [-0.4, -0.2) is 40.0 Å². The van der Waals surface area contributed by atoms with Gasteiger partial charge in [-0.2, -0.15) is 0 Å². The van der Waals surface area contributed by atoms with Crippen molar-refractivity contribution >= 4 is 11.9 Å². The monoisotopic (exact) mass is 356 g/mol. The van der Waals surface area contributed by atoms with Crippen LogP contribution >= 0.6 is 0 Å². The van der Waals surface area contributed by atoms with E-state index in [9.17, 15) is 14.7 Å². The van der Waals surface area contributed by atoms with E-state index in [1.165, 1.54) is 0 Å². The van der Waals surface area contributed by atoms with E-state index in [1.807, 2.05) is 44.2 Å². The second-order valence-corrected chi connectivity index (χ2v) is 7.17. The molecule has 26 heavy (non-hydrogen) atoms. The third kappa shape index (κ3) is 3.49. The van der Waals surface area contributed by atoms with Gasteiger partial charge in [0.25, 0.3) is 0 Å². The molecule has 1 aliphatic heterocycles. The Morgan fingerprint density at radius 3 is 2.65 bits per heavy atom. The second-order valence-electron chi connectivity index (χ2n) is 7.17. The Kier molecular flexibility index (Phi) is 5.11. The molecule has 3 rings (SSSR count). The van der Waals surface area contributed by atoms with E-state index in [-0.39, 0.29) is 24.8 Å². The largest absolute Gasteiger partial charge is 0.481 e. The molecule has 6 nitrogen and oxygen atoms in total. The number of carboxylic acid groups (broad SMARTS) is 1. The molecule has 1 saturated heterocycles. The second kappa shape index (κ2) is 7.32. The first-order valence-corrected chi connectivity index (χ1v) is 8.93. The van der Waals surface area contributed by atoms with Gasteiger partial charge >= 0.3 is 5.97 Å². The number of carboxylic acids is 1. The summed E-state index contributed by atoms with van der Waals surface area (Å²) >= 11 is 0. The Labute approximate surface area is 152 Å². The summed E-state index contributed by atoms with van der Waals surface area (Å²) in [6.45, 7) is 4.57. The summed E-state index contributed by atoms with van der Waals surface area (Å²) in [4.78, 5) is 30.1. The molecule has 1 atom stereocenters. The zero-order valence-corrected chi connectivity index (χ0v) is 15.1. The highest BCUT2D eigenvalue weighted by atomic mass is 16.4. The highest BCUT2D eigenvalue weighted by Crippen LogP contribution is 2.38. The summed E-state index contributed by atoms with van der Waals surface area (Å²) in [5.41, 5.74) is 0.110. The molecule has 0 spiro atoms. The Bertz CT molecular complexity index is 784. The average molecular weight is 356 g/mol. The molecule has 1 aromatic carbocycles. The van der Waals surface area contributed by atoms with Gasteiger partial charge in [0.1, 0.15) is 0 Å². The van der Waals surface area contributed by atoms with Gasteiger partial charge < -0.3 is 14.4 Å². The molecule has 2 aromatic rings. The van der Waals surface area contributed by atoms with Crippen molar-refractivity contribution in [1.29, 1.82) is 0 Å². The van der Waals surface area contributed by atoms with Gasteiger partial charge in [0.15, 0.2) is 11.7 Å². The lowest BCUT2D eigenvalue weighted by atomic mass is 9.76.